The van der Waals surface area contributed by atoms with Crippen LogP contribution in [-0.2, 0) is 0 Å². The maximum Gasteiger partial charge on any atom is 0.0347 e. The van der Waals surface area contributed by atoms with Gasteiger partial charge in [0.05, 0.1) is 0 Å². The van der Waals surface area contributed by atoms with Gasteiger partial charge in [-0.05, 0) is 12.1 Å². The van der Waals surface area contributed by atoms with Crippen molar-refractivity contribution in [2.75, 3.05) is 0 Å². The summed E-state index contributed by atoms with van der Waals surface area (Å²) in [5, 5.41) is 2.38. The van der Waals surface area contributed by atoms with Crippen LogP contribution in [0.1, 0.15) is 11.1 Å². The molecule has 0 N–H and O–H groups in total. The highest BCUT2D eigenvalue weighted by Crippen LogP contribution is 1.97. The van der Waals surface area contributed by atoms with Gasteiger partial charge in [-0.15, -0.1) is 0 Å². The number of hydrogen-bond donors (Lipinski definition) is 0. The molecule has 1 aromatic rings. The van der Waals surface area contributed by atoms with E-state index in [1.165, 1.54) is 21.6 Å². The number of benzene rings is 1. The molecular weight excluding hydrogens is 148 g/mol. The van der Waals surface area contributed by atoms with Crippen molar-refractivity contribution < 1.29 is 0 Å². The molecule has 0 atom stereocenters. The second-order valence-corrected chi connectivity index (χ2v) is 2.92. The standard InChI is InChI=1S/C10H6N2/c1-7-3-11-5-9(7)2-10-6-12-4-8(1)10/h1-6H. The van der Waals surface area contributed by atoms with E-state index in [1.807, 2.05) is 24.8 Å². The van der Waals surface area contributed by atoms with Gasteiger partial charge in [-0.2, -0.15) is 0 Å². The SMILES string of the molecule is C1=NC=c2cc3c(cc21)=CN=C3. The third-order valence-electron chi connectivity index (χ3n) is 2.14. The van der Waals surface area contributed by atoms with Gasteiger partial charge in [0.1, 0.15) is 0 Å². The zero-order chi connectivity index (χ0) is 7.97. The lowest BCUT2D eigenvalue weighted by Crippen LogP contribution is -2.15. The molecule has 0 spiro atoms. The Bertz CT molecular complexity index is 472. The molecule has 0 bridgehead atoms. The van der Waals surface area contributed by atoms with E-state index in [2.05, 4.69) is 22.1 Å². The van der Waals surface area contributed by atoms with Crippen molar-refractivity contribution in [3.63, 3.8) is 0 Å². The first-order chi connectivity index (χ1) is 5.93. The van der Waals surface area contributed by atoms with E-state index in [1.54, 1.807) is 0 Å². The van der Waals surface area contributed by atoms with E-state index < -0.39 is 0 Å². The van der Waals surface area contributed by atoms with Crippen molar-refractivity contribution in [1.29, 1.82) is 0 Å². The molecule has 0 saturated heterocycles. The molecule has 0 fully saturated rings. The van der Waals surface area contributed by atoms with E-state index in [0.29, 0.717) is 0 Å². The Hall–Kier alpha value is -1.70. The highest BCUT2D eigenvalue weighted by atomic mass is 14.7. The second-order valence-electron chi connectivity index (χ2n) is 2.92. The molecule has 12 heavy (non-hydrogen) atoms. The van der Waals surface area contributed by atoms with Crippen LogP contribution in [0.15, 0.2) is 22.1 Å². The monoisotopic (exact) mass is 154 g/mol. The summed E-state index contributed by atoms with van der Waals surface area (Å²) in [6.45, 7) is 0. The Balaban J connectivity index is 2.50. The molecule has 0 unspecified atom stereocenters. The molecule has 0 saturated carbocycles. The fourth-order valence-electron chi connectivity index (χ4n) is 1.51. The van der Waals surface area contributed by atoms with E-state index in [9.17, 15) is 0 Å². The fourth-order valence-corrected chi connectivity index (χ4v) is 1.51. The maximum atomic E-state index is 4.08. The average Bonchev–Trinajstić information content (AvgIpc) is 2.64. The molecule has 1 aromatic carbocycles. The Kier molecular flexibility index (Phi) is 0.939. The van der Waals surface area contributed by atoms with Gasteiger partial charge >= 0.3 is 0 Å². The first-order valence-corrected chi connectivity index (χ1v) is 3.84. The first kappa shape index (κ1) is 5.89. The van der Waals surface area contributed by atoms with Crippen molar-refractivity contribution in [2.45, 2.75) is 0 Å². The molecule has 2 aliphatic heterocycles. The fraction of sp³-hybridized carbons (Fsp3) is 0. The molecule has 2 aliphatic rings. The Morgan fingerprint density at radius 1 is 0.750 bits per heavy atom. The second kappa shape index (κ2) is 1.91. The predicted octanol–water partition coefficient (Wildman–Crippen LogP) is 0.0276. The van der Waals surface area contributed by atoms with Crippen LogP contribution < -0.4 is 10.4 Å². The molecule has 2 nitrogen and oxygen atoms in total. The topological polar surface area (TPSA) is 24.7 Å². The van der Waals surface area contributed by atoms with Gasteiger partial charge in [0, 0.05) is 46.4 Å². The summed E-state index contributed by atoms with van der Waals surface area (Å²) in [6.07, 6.45) is 7.51. The van der Waals surface area contributed by atoms with Gasteiger partial charge in [-0.3, -0.25) is 9.98 Å². The minimum absolute atomic E-state index is 1.19. The number of rotatable bonds is 0. The summed E-state index contributed by atoms with van der Waals surface area (Å²) in [5.74, 6) is 0. The first-order valence-electron chi connectivity index (χ1n) is 3.84. The highest BCUT2D eigenvalue weighted by Gasteiger charge is 2.03. The molecule has 2 heteroatoms. The molecule has 56 valence electrons. The molecule has 2 heterocycles. The van der Waals surface area contributed by atoms with Crippen molar-refractivity contribution in [3.8, 4) is 0 Å². The van der Waals surface area contributed by atoms with Crippen LogP contribution in [0.3, 0.4) is 0 Å². The van der Waals surface area contributed by atoms with Crippen LogP contribution >= 0.6 is 0 Å². The van der Waals surface area contributed by atoms with Crippen LogP contribution in [0.5, 0.6) is 0 Å². The lowest BCUT2D eigenvalue weighted by molar-refractivity contribution is 1.53. The van der Waals surface area contributed by atoms with Crippen LogP contribution in [-0.4, -0.2) is 12.4 Å². The summed E-state index contributed by atoms with van der Waals surface area (Å²) in [5.41, 5.74) is 2.38. The average molecular weight is 154 g/mol. The van der Waals surface area contributed by atoms with E-state index in [4.69, 9.17) is 0 Å². The van der Waals surface area contributed by atoms with Crippen LogP contribution in [0.2, 0.25) is 0 Å². The largest absolute Gasteiger partial charge is 0.263 e. The van der Waals surface area contributed by atoms with Gasteiger partial charge in [-0.25, -0.2) is 0 Å². The Morgan fingerprint density at radius 2 is 1.25 bits per heavy atom. The molecule has 0 aromatic heterocycles. The number of hydrogen-bond acceptors (Lipinski definition) is 2. The van der Waals surface area contributed by atoms with Crippen LogP contribution in [0.4, 0.5) is 0 Å². The summed E-state index contributed by atoms with van der Waals surface area (Å²) in [7, 11) is 0. The lowest BCUT2D eigenvalue weighted by Gasteiger charge is -1.92. The van der Waals surface area contributed by atoms with E-state index in [0.717, 1.165) is 0 Å². The van der Waals surface area contributed by atoms with Gasteiger partial charge < -0.3 is 0 Å². The van der Waals surface area contributed by atoms with Crippen molar-refractivity contribution in [2.24, 2.45) is 9.98 Å². The summed E-state index contributed by atoms with van der Waals surface area (Å²) in [4.78, 5) is 8.17. The quantitative estimate of drug-likeness (QED) is 0.503. The molecule has 0 aliphatic carbocycles. The van der Waals surface area contributed by atoms with E-state index in [-0.39, 0.29) is 0 Å². The molecule has 3 rings (SSSR count). The van der Waals surface area contributed by atoms with Gasteiger partial charge in [-0.1, -0.05) is 0 Å². The van der Waals surface area contributed by atoms with Crippen molar-refractivity contribution >= 4 is 24.8 Å². The highest BCUT2D eigenvalue weighted by molar-refractivity contribution is 5.90. The summed E-state index contributed by atoms with van der Waals surface area (Å²) >= 11 is 0. The molecule has 0 radical (unpaired) electrons. The zero-order valence-electron chi connectivity index (χ0n) is 6.36. The number of nitrogens with zero attached hydrogens (tertiary/aromatic N) is 2. The zero-order valence-corrected chi connectivity index (χ0v) is 6.36. The Labute approximate surface area is 69.3 Å². The van der Waals surface area contributed by atoms with Crippen molar-refractivity contribution in [3.05, 3.63) is 33.7 Å². The van der Waals surface area contributed by atoms with E-state index >= 15 is 0 Å². The Morgan fingerprint density at radius 3 is 1.75 bits per heavy atom. The van der Waals surface area contributed by atoms with Crippen LogP contribution in [0, 0.1) is 0 Å². The third-order valence-corrected chi connectivity index (χ3v) is 2.14. The molecular formula is C10H6N2. The minimum Gasteiger partial charge on any atom is -0.263 e. The van der Waals surface area contributed by atoms with Gasteiger partial charge in [0.25, 0.3) is 0 Å². The smallest absolute Gasteiger partial charge is 0.0347 e. The lowest BCUT2D eigenvalue weighted by atomic mass is 10.1. The van der Waals surface area contributed by atoms with Crippen molar-refractivity contribution in [1.82, 2.24) is 0 Å². The number of aliphatic imine (C=N–C) groups is 2. The minimum atomic E-state index is 1.19. The third kappa shape index (κ3) is 0.639. The normalized spacial score (nSPS) is 15.3. The van der Waals surface area contributed by atoms with Gasteiger partial charge in [0.15, 0.2) is 0 Å². The maximum absolute atomic E-state index is 4.08. The number of fused-ring (bicyclic) bond motifs is 2. The van der Waals surface area contributed by atoms with Gasteiger partial charge in [0.2, 0.25) is 0 Å². The van der Waals surface area contributed by atoms with Crippen LogP contribution in [0.25, 0.3) is 12.4 Å². The summed E-state index contributed by atoms with van der Waals surface area (Å²) in [6, 6.07) is 4.23. The summed E-state index contributed by atoms with van der Waals surface area (Å²) < 4.78 is 0. The predicted molar refractivity (Wildman–Crippen MR) is 49.8 cm³/mol. The molecule has 0 amide bonds.